The van der Waals surface area contributed by atoms with Crippen LogP contribution in [0.25, 0.3) is 0 Å². The average Bonchev–Trinajstić information content (AvgIpc) is 3.37. The highest BCUT2D eigenvalue weighted by molar-refractivity contribution is 6.06. The Balaban J connectivity index is 1.77. The SMILES string of the molecule is COc1ccccc1C1=NN(C(=O)c2ccccc2C)[C@H](c2ccco2)C1. The minimum Gasteiger partial charge on any atom is -0.496 e. The van der Waals surface area contributed by atoms with E-state index in [0.717, 1.165) is 22.6 Å². The largest absolute Gasteiger partial charge is 0.496 e. The number of hydrazone groups is 1. The third-order valence-corrected chi connectivity index (χ3v) is 4.78. The van der Waals surface area contributed by atoms with Crippen molar-refractivity contribution < 1.29 is 13.9 Å². The lowest BCUT2D eigenvalue weighted by Crippen LogP contribution is -2.27. The summed E-state index contributed by atoms with van der Waals surface area (Å²) < 4.78 is 11.1. The lowest BCUT2D eigenvalue weighted by atomic mass is 10.0. The Labute approximate surface area is 157 Å². The van der Waals surface area contributed by atoms with Crippen molar-refractivity contribution in [3.05, 3.63) is 89.4 Å². The van der Waals surface area contributed by atoms with Gasteiger partial charge in [0.1, 0.15) is 17.6 Å². The molecule has 0 saturated heterocycles. The molecule has 5 nitrogen and oxygen atoms in total. The van der Waals surface area contributed by atoms with Gasteiger partial charge in [0.2, 0.25) is 0 Å². The summed E-state index contributed by atoms with van der Waals surface area (Å²) >= 11 is 0. The Morgan fingerprint density at radius 3 is 2.63 bits per heavy atom. The van der Waals surface area contributed by atoms with Crippen molar-refractivity contribution in [2.45, 2.75) is 19.4 Å². The number of methoxy groups -OCH3 is 1. The zero-order chi connectivity index (χ0) is 18.8. The van der Waals surface area contributed by atoms with E-state index < -0.39 is 0 Å². The van der Waals surface area contributed by atoms with Crippen molar-refractivity contribution in [1.82, 2.24) is 5.01 Å². The predicted molar refractivity (Wildman–Crippen MR) is 103 cm³/mol. The predicted octanol–water partition coefficient (Wildman–Crippen LogP) is 4.59. The third-order valence-electron chi connectivity index (χ3n) is 4.78. The number of carbonyl (C=O) groups is 1. The second-order valence-corrected chi connectivity index (χ2v) is 6.45. The molecule has 0 aliphatic carbocycles. The number of carbonyl (C=O) groups excluding carboxylic acids is 1. The molecule has 27 heavy (non-hydrogen) atoms. The Morgan fingerprint density at radius 2 is 1.89 bits per heavy atom. The van der Waals surface area contributed by atoms with Gasteiger partial charge >= 0.3 is 0 Å². The van der Waals surface area contributed by atoms with E-state index in [-0.39, 0.29) is 11.9 Å². The first-order valence-electron chi connectivity index (χ1n) is 8.82. The van der Waals surface area contributed by atoms with Gasteiger partial charge in [-0.3, -0.25) is 4.79 Å². The van der Waals surface area contributed by atoms with Gasteiger partial charge in [-0.2, -0.15) is 5.10 Å². The molecule has 0 unspecified atom stereocenters. The zero-order valence-corrected chi connectivity index (χ0v) is 15.3. The second kappa shape index (κ2) is 7.11. The fraction of sp³-hybridized carbons (Fsp3) is 0.182. The molecule has 1 aromatic heterocycles. The van der Waals surface area contributed by atoms with Crippen LogP contribution < -0.4 is 4.74 Å². The summed E-state index contributed by atoms with van der Waals surface area (Å²) in [4.78, 5) is 13.3. The molecule has 0 spiro atoms. The topological polar surface area (TPSA) is 55.0 Å². The first-order valence-corrected chi connectivity index (χ1v) is 8.82. The third kappa shape index (κ3) is 3.12. The van der Waals surface area contributed by atoms with Crippen LogP contribution in [0.5, 0.6) is 5.75 Å². The highest BCUT2D eigenvalue weighted by Crippen LogP contribution is 2.36. The fourth-order valence-corrected chi connectivity index (χ4v) is 3.38. The Kier molecular flexibility index (Phi) is 4.50. The maximum Gasteiger partial charge on any atom is 0.274 e. The van der Waals surface area contributed by atoms with Gasteiger partial charge in [-0.15, -0.1) is 0 Å². The molecule has 4 rings (SSSR count). The summed E-state index contributed by atoms with van der Waals surface area (Å²) in [5.41, 5.74) is 3.24. The average molecular weight is 360 g/mol. The number of benzene rings is 2. The van der Waals surface area contributed by atoms with E-state index in [1.165, 1.54) is 5.01 Å². The molecule has 5 heteroatoms. The number of para-hydroxylation sites is 1. The fourth-order valence-electron chi connectivity index (χ4n) is 3.38. The molecule has 1 amide bonds. The maximum atomic E-state index is 13.3. The summed E-state index contributed by atoms with van der Waals surface area (Å²) in [6.45, 7) is 1.93. The monoisotopic (exact) mass is 360 g/mol. The van der Waals surface area contributed by atoms with Gasteiger partial charge in [-0.05, 0) is 42.8 Å². The van der Waals surface area contributed by atoms with Crippen molar-refractivity contribution in [2.75, 3.05) is 7.11 Å². The Bertz CT molecular complexity index is 992. The van der Waals surface area contributed by atoms with E-state index in [2.05, 4.69) is 5.10 Å². The maximum absolute atomic E-state index is 13.3. The summed E-state index contributed by atoms with van der Waals surface area (Å²) in [5.74, 6) is 1.31. The molecule has 0 fully saturated rings. The van der Waals surface area contributed by atoms with Gasteiger partial charge in [0, 0.05) is 17.5 Å². The van der Waals surface area contributed by atoms with Crippen LogP contribution in [0.15, 0.2) is 76.4 Å². The van der Waals surface area contributed by atoms with E-state index in [4.69, 9.17) is 9.15 Å². The highest BCUT2D eigenvalue weighted by atomic mass is 16.5. The van der Waals surface area contributed by atoms with Gasteiger partial charge in [0.15, 0.2) is 0 Å². The number of hydrogen-bond donors (Lipinski definition) is 0. The molecule has 1 atom stereocenters. The molecule has 1 aliphatic rings. The normalized spacial score (nSPS) is 16.3. The van der Waals surface area contributed by atoms with E-state index in [9.17, 15) is 4.79 Å². The molecule has 0 radical (unpaired) electrons. The smallest absolute Gasteiger partial charge is 0.274 e. The first-order chi connectivity index (χ1) is 13.2. The van der Waals surface area contributed by atoms with Crippen molar-refractivity contribution in [2.24, 2.45) is 5.10 Å². The van der Waals surface area contributed by atoms with E-state index in [1.54, 1.807) is 13.4 Å². The molecule has 3 aromatic rings. The first kappa shape index (κ1) is 17.1. The number of furan rings is 1. The number of hydrogen-bond acceptors (Lipinski definition) is 4. The Morgan fingerprint density at radius 1 is 1.11 bits per heavy atom. The van der Waals surface area contributed by atoms with Gasteiger partial charge in [0.05, 0.1) is 19.1 Å². The van der Waals surface area contributed by atoms with Crippen molar-refractivity contribution in [3.8, 4) is 5.75 Å². The van der Waals surface area contributed by atoms with Crippen molar-refractivity contribution >= 4 is 11.6 Å². The summed E-state index contributed by atoms with van der Waals surface area (Å²) in [5, 5.41) is 6.21. The minimum atomic E-state index is -0.285. The number of ether oxygens (including phenoxy) is 1. The molecule has 0 N–H and O–H groups in total. The molecular weight excluding hydrogens is 340 g/mol. The summed E-state index contributed by atoms with van der Waals surface area (Å²) in [7, 11) is 1.63. The van der Waals surface area contributed by atoms with Crippen LogP contribution in [0.1, 0.15) is 39.7 Å². The molecular formula is C22H20N2O3. The van der Waals surface area contributed by atoms with Crippen LogP contribution in [0.3, 0.4) is 0 Å². The number of aryl methyl sites for hydroxylation is 1. The number of rotatable bonds is 4. The van der Waals surface area contributed by atoms with Crippen molar-refractivity contribution in [1.29, 1.82) is 0 Å². The van der Waals surface area contributed by atoms with E-state index >= 15 is 0 Å². The van der Waals surface area contributed by atoms with E-state index in [0.29, 0.717) is 17.7 Å². The lowest BCUT2D eigenvalue weighted by molar-refractivity contribution is 0.0692. The van der Waals surface area contributed by atoms with Crippen molar-refractivity contribution in [3.63, 3.8) is 0 Å². The van der Waals surface area contributed by atoms with Crippen LogP contribution >= 0.6 is 0 Å². The van der Waals surface area contributed by atoms with Gasteiger partial charge in [-0.25, -0.2) is 5.01 Å². The van der Waals surface area contributed by atoms with Crippen LogP contribution in [-0.2, 0) is 0 Å². The second-order valence-electron chi connectivity index (χ2n) is 6.45. The number of amides is 1. The standard InChI is InChI=1S/C22H20N2O3/c1-15-8-3-4-9-16(15)22(25)24-19(21-12-7-13-27-21)14-18(23-24)17-10-5-6-11-20(17)26-2/h3-13,19H,14H2,1-2H3/t19-/m0/s1. The van der Waals surface area contributed by atoms with Gasteiger partial charge < -0.3 is 9.15 Å². The molecule has 2 aromatic carbocycles. The molecule has 0 bridgehead atoms. The molecule has 0 saturated carbocycles. The van der Waals surface area contributed by atoms with Crippen LogP contribution in [0.2, 0.25) is 0 Å². The molecule has 1 aliphatic heterocycles. The van der Waals surface area contributed by atoms with Gasteiger partial charge in [-0.1, -0.05) is 30.3 Å². The summed E-state index contributed by atoms with van der Waals surface area (Å²) in [6.07, 6.45) is 2.18. The van der Waals surface area contributed by atoms with Crippen LogP contribution in [0.4, 0.5) is 0 Å². The minimum absolute atomic E-state index is 0.139. The van der Waals surface area contributed by atoms with Gasteiger partial charge in [0.25, 0.3) is 5.91 Å². The molecule has 136 valence electrons. The number of nitrogens with zero attached hydrogens (tertiary/aromatic N) is 2. The van der Waals surface area contributed by atoms with Crippen LogP contribution in [0, 0.1) is 6.92 Å². The quantitative estimate of drug-likeness (QED) is 0.684. The zero-order valence-electron chi connectivity index (χ0n) is 15.3. The van der Waals surface area contributed by atoms with E-state index in [1.807, 2.05) is 67.6 Å². The highest BCUT2D eigenvalue weighted by Gasteiger charge is 2.36. The molecule has 2 heterocycles. The Hall–Kier alpha value is -3.34. The lowest BCUT2D eigenvalue weighted by Gasteiger charge is -2.20. The van der Waals surface area contributed by atoms with Crippen LogP contribution in [-0.4, -0.2) is 23.7 Å². The summed E-state index contributed by atoms with van der Waals surface area (Å²) in [6, 6.07) is 18.7.